The maximum Gasteiger partial charge on any atom is 0.272 e. The van der Waals surface area contributed by atoms with Crippen molar-refractivity contribution in [3.8, 4) is 11.3 Å². The second-order valence-electron chi connectivity index (χ2n) is 7.18. The van der Waals surface area contributed by atoms with Crippen molar-refractivity contribution in [1.82, 2.24) is 24.8 Å². The minimum Gasteiger partial charge on any atom is -0.339 e. The van der Waals surface area contributed by atoms with Crippen molar-refractivity contribution in [2.45, 2.75) is 20.3 Å². The van der Waals surface area contributed by atoms with Crippen LogP contribution in [-0.2, 0) is 0 Å². The molecule has 0 atom stereocenters. The van der Waals surface area contributed by atoms with Crippen LogP contribution in [0.4, 0.5) is 5.95 Å². The average molecular weight is 388 g/mol. The molecule has 7 nitrogen and oxygen atoms in total. The summed E-state index contributed by atoms with van der Waals surface area (Å²) >= 11 is 0. The lowest BCUT2D eigenvalue weighted by Crippen LogP contribution is -2.36. The molecule has 3 aromatic heterocycles. The first kappa shape index (κ1) is 19.0. The molecule has 0 spiro atoms. The first-order chi connectivity index (χ1) is 14.1. The van der Waals surface area contributed by atoms with E-state index in [-0.39, 0.29) is 5.91 Å². The van der Waals surface area contributed by atoms with Gasteiger partial charge in [-0.1, -0.05) is 6.07 Å². The van der Waals surface area contributed by atoms with Gasteiger partial charge in [-0.25, -0.2) is 9.97 Å². The predicted octanol–water partition coefficient (Wildman–Crippen LogP) is 2.90. The molecule has 1 amide bonds. The van der Waals surface area contributed by atoms with Crippen molar-refractivity contribution in [2.75, 3.05) is 31.1 Å². The van der Waals surface area contributed by atoms with Gasteiger partial charge in [-0.2, -0.15) is 0 Å². The summed E-state index contributed by atoms with van der Waals surface area (Å²) in [5.74, 6) is 0.665. The van der Waals surface area contributed by atoms with Crippen LogP contribution in [0.5, 0.6) is 0 Å². The number of carbonyl (C=O) groups excluding carboxylic acids is 1. The van der Waals surface area contributed by atoms with Gasteiger partial charge in [0, 0.05) is 55.5 Å². The lowest BCUT2D eigenvalue weighted by Gasteiger charge is -2.22. The molecule has 0 unspecified atom stereocenters. The van der Waals surface area contributed by atoms with Gasteiger partial charge in [0.05, 0.1) is 5.69 Å². The van der Waals surface area contributed by atoms with E-state index in [0.29, 0.717) is 31.3 Å². The number of rotatable bonds is 3. The first-order valence-corrected chi connectivity index (χ1v) is 9.85. The minimum atomic E-state index is -0.0246. The van der Waals surface area contributed by atoms with E-state index in [9.17, 15) is 4.79 Å². The molecule has 4 rings (SSSR count). The van der Waals surface area contributed by atoms with Crippen LogP contribution in [0.15, 0.2) is 48.8 Å². The Hall–Kier alpha value is -3.35. The normalized spacial score (nSPS) is 14.6. The first-order valence-electron chi connectivity index (χ1n) is 9.85. The van der Waals surface area contributed by atoms with Gasteiger partial charge >= 0.3 is 0 Å². The molecule has 3 aromatic rings. The fraction of sp³-hybridized carbons (Fsp3) is 0.318. The molecule has 29 heavy (non-hydrogen) atoms. The SMILES string of the molecule is Cc1ccc(-c2ccnc(N3CCCN(C(=O)c4ccccn4)CC3)n2)c(C)n1. The Bertz CT molecular complexity index is 1010. The van der Waals surface area contributed by atoms with Gasteiger partial charge in [-0.3, -0.25) is 14.8 Å². The molecule has 1 saturated heterocycles. The zero-order chi connectivity index (χ0) is 20.2. The summed E-state index contributed by atoms with van der Waals surface area (Å²) in [6.45, 7) is 6.79. The molecule has 7 heteroatoms. The summed E-state index contributed by atoms with van der Waals surface area (Å²) in [6, 6.07) is 11.4. The molecule has 0 N–H and O–H groups in total. The van der Waals surface area contributed by atoms with Crippen molar-refractivity contribution >= 4 is 11.9 Å². The number of aromatic nitrogens is 4. The summed E-state index contributed by atoms with van der Waals surface area (Å²) < 4.78 is 0. The number of anilines is 1. The van der Waals surface area contributed by atoms with Crippen LogP contribution in [-0.4, -0.2) is 56.9 Å². The van der Waals surface area contributed by atoms with E-state index in [1.165, 1.54) is 0 Å². The monoisotopic (exact) mass is 388 g/mol. The molecular weight excluding hydrogens is 364 g/mol. The number of nitrogens with zero attached hydrogens (tertiary/aromatic N) is 6. The third-order valence-electron chi connectivity index (χ3n) is 5.09. The van der Waals surface area contributed by atoms with E-state index in [4.69, 9.17) is 4.98 Å². The smallest absolute Gasteiger partial charge is 0.272 e. The second kappa shape index (κ2) is 8.34. The van der Waals surface area contributed by atoms with Crippen molar-refractivity contribution in [3.63, 3.8) is 0 Å². The summed E-state index contributed by atoms with van der Waals surface area (Å²) in [4.78, 5) is 34.7. The van der Waals surface area contributed by atoms with Gasteiger partial charge in [0.25, 0.3) is 5.91 Å². The third-order valence-corrected chi connectivity index (χ3v) is 5.09. The van der Waals surface area contributed by atoms with E-state index in [2.05, 4.69) is 25.9 Å². The van der Waals surface area contributed by atoms with Gasteiger partial charge < -0.3 is 9.80 Å². The van der Waals surface area contributed by atoms with Crippen molar-refractivity contribution in [3.05, 3.63) is 65.9 Å². The molecule has 0 saturated carbocycles. The van der Waals surface area contributed by atoms with E-state index >= 15 is 0 Å². The number of amides is 1. The van der Waals surface area contributed by atoms with Crippen LogP contribution in [0, 0.1) is 13.8 Å². The highest BCUT2D eigenvalue weighted by Crippen LogP contribution is 2.22. The van der Waals surface area contributed by atoms with Gasteiger partial charge in [0.1, 0.15) is 5.69 Å². The van der Waals surface area contributed by atoms with Crippen LogP contribution in [0.25, 0.3) is 11.3 Å². The van der Waals surface area contributed by atoms with E-state index < -0.39 is 0 Å². The lowest BCUT2D eigenvalue weighted by atomic mass is 10.1. The molecule has 148 valence electrons. The molecule has 0 aromatic carbocycles. The standard InChI is InChI=1S/C22H24N6O/c1-16-7-8-18(17(2)25-16)19-9-11-24-22(26-19)28-13-5-12-27(14-15-28)21(29)20-6-3-4-10-23-20/h3-4,6-11H,5,12-15H2,1-2H3. The fourth-order valence-corrected chi connectivity index (χ4v) is 3.58. The topological polar surface area (TPSA) is 75.1 Å². The van der Waals surface area contributed by atoms with Crippen LogP contribution < -0.4 is 4.90 Å². The molecule has 1 fully saturated rings. The highest BCUT2D eigenvalue weighted by molar-refractivity contribution is 5.92. The summed E-state index contributed by atoms with van der Waals surface area (Å²) in [5.41, 5.74) is 4.32. The van der Waals surface area contributed by atoms with Crippen LogP contribution in [0.2, 0.25) is 0 Å². The number of aryl methyl sites for hydroxylation is 2. The van der Waals surface area contributed by atoms with Crippen LogP contribution >= 0.6 is 0 Å². The Labute approximate surface area is 170 Å². The average Bonchev–Trinajstić information content (AvgIpc) is 3.00. The molecule has 0 radical (unpaired) electrons. The fourth-order valence-electron chi connectivity index (χ4n) is 3.58. The highest BCUT2D eigenvalue weighted by atomic mass is 16.2. The predicted molar refractivity (Wildman–Crippen MR) is 112 cm³/mol. The van der Waals surface area contributed by atoms with Crippen molar-refractivity contribution < 1.29 is 4.79 Å². The van der Waals surface area contributed by atoms with E-state index in [0.717, 1.165) is 35.6 Å². The Morgan fingerprint density at radius 3 is 2.59 bits per heavy atom. The molecule has 1 aliphatic heterocycles. The summed E-state index contributed by atoms with van der Waals surface area (Å²) in [5, 5.41) is 0. The highest BCUT2D eigenvalue weighted by Gasteiger charge is 2.22. The van der Waals surface area contributed by atoms with Crippen LogP contribution in [0.1, 0.15) is 28.3 Å². The van der Waals surface area contributed by atoms with Gasteiger partial charge in [-0.05, 0) is 50.6 Å². The van der Waals surface area contributed by atoms with Gasteiger partial charge in [0.2, 0.25) is 5.95 Å². The molecular formula is C22H24N6O. The minimum absolute atomic E-state index is 0.0246. The zero-order valence-electron chi connectivity index (χ0n) is 16.7. The van der Waals surface area contributed by atoms with E-state index in [1.807, 2.05) is 43.0 Å². The lowest BCUT2D eigenvalue weighted by molar-refractivity contribution is 0.0761. The van der Waals surface area contributed by atoms with Crippen molar-refractivity contribution in [2.24, 2.45) is 0 Å². The summed E-state index contributed by atoms with van der Waals surface area (Å²) in [6.07, 6.45) is 4.30. The van der Waals surface area contributed by atoms with Crippen LogP contribution in [0.3, 0.4) is 0 Å². The maximum atomic E-state index is 12.7. The number of hydrogen-bond donors (Lipinski definition) is 0. The third kappa shape index (κ3) is 4.23. The second-order valence-corrected chi connectivity index (χ2v) is 7.18. The Morgan fingerprint density at radius 2 is 1.79 bits per heavy atom. The largest absolute Gasteiger partial charge is 0.339 e. The molecule has 1 aliphatic rings. The molecule has 0 aliphatic carbocycles. The Balaban J connectivity index is 1.50. The molecule has 4 heterocycles. The number of pyridine rings is 2. The quantitative estimate of drug-likeness (QED) is 0.687. The Morgan fingerprint density at radius 1 is 0.897 bits per heavy atom. The molecule has 0 bridgehead atoms. The number of hydrogen-bond acceptors (Lipinski definition) is 6. The van der Waals surface area contributed by atoms with Gasteiger partial charge in [-0.15, -0.1) is 0 Å². The van der Waals surface area contributed by atoms with E-state index in [1.54, 1.807) is 18.5 Å². The Kier molecular flexibility index (Phi) is 5.46. The zero-order valence-corrected chi connectivity index (χ0v) is 16.7. The summed E-state index contributed by atoms with van der Waals surface area (Å²) in [7, 11) is 0. The maximum absolute atomic E-state index is 12.7. The number of carbonyl (C=O) groups is 1. The van der Waals surface area contributed by atoms with Gasteiger partial charge in [0.15, 0.2) is 0 Å². The van der Waals surface area contributed by atoms with Crippen molar-refractivity contribution in [1.29, 1.82) is 0 Å².